The monoisotopic (exact) mass is 428 g/mol. The molecule has 1 fully saturated rings. The van der Waals surface area contributed by atoms with Gasteiger partial charge in [0.05, 0.1) is 24.3 Å². The Morgan fingerprint density at radius 3 is 1.94 bits per heavy atom. The normalized spacial score (nSPS) is 25.4. The van der Waals surface area contributed by atoms with Gasteiger partial charge >= 0.3 is 11.9 Å². The van der Waals surface area contributed by atoms with E-state index in [0.717, 1.165) is 0 Å². The maximum absolute atomic E-state index is 12.6. The first-order valence-electron chi connectivity index (χ1n) is 9.74. The van der Waals surface area contributed by atoms with E-state index >= 15 is 0 Å². The van der Waals surface area contributed by atoms with Gasteiger partial charge in [-0.25, -0.2) is 9.59 Å². The van der Waals surface area contributed by atoms with E-state index in [2.05, 4.69) is 6.58 Å². The van der Waals surface area contributed by atoms with Crippen LogP contribution >= 0.6 is 0 Å². The molecule has 0 amide bonds. The summed E-state index contributed by atoms with van der Waals surface area (Å²) in [5, 5.41) is 20.6. The van der Waals surface area contributed by atoms with Crippen LogP contribution in [0.25, 0.3) is 0 Å². The molecule has 5 atom stereocenters. The third kappa shape index (κ3) is 5.56. The standard InChI is InChI=1S/C23H24O8/c1-2-13-28-23-18(25)20(31-22(27)16-11-7-4-8-12-16)19(17(14-24)29-23)30-21(26)15-9-5-3-6-10-15/h2-12,17-20,23-25H,1,13-14H2/t17-,18-,19-,20-,23+/m1/s1. The zero-order valence-corrected chi connectivity index (χ0v) is 16.7. The Hall–Kier alpha value is -3.04. The summed E-state index contributed by atoms with van der Waals surface area (Å²) in [6.07, 6.45) is -4.97. The molecule has 8 heteroatoms. The number of aliphatic hydroxyl groups is 2. The van der Waals surface area contributed by atoms with Crippen molar-refractivity contribution in [1.82, 2.24) is 0 Å². The van der Waals surface area contributed by atoms with E-state index in [0.29, 0.717) is 0 Å². The van der Waals surface area contributed by atoms with Crippen molar-refractivity contribution in [3.05, 3.63) is 84.4 Å². The topological polar surface area (TPSA) is 112 Å². The summed E-state index contributed by atoms with van der Waals surface area (Å²) >= 11 is 0. The maximum Gasteiger partial charge on any atom is 0.338 e. The van der Waals surface area contributed by atoms with Crippen molar-refractivity contribution >= 4 is 11.9 Å². The first kappa shape index (κ1) is 22.6. The fraction of sp³-hybridized carbons (Fsp3) is 0.304. The molecular formula is C23H24O8. The number of ether oxygens (including phenoxy) is 4. The molecule has 2 N–H and O–H groups in total. The Morgan fingerprint density at radius 2 is 1.45 bits per heavy atom. The first-order chi connectivity index (χ1) is 15.0. The predicted molar refractivity (Wildman–Crippen MR) is 109 cm³/mol. The zero-order chi connectivity index (χ0) is 22.2. The van der Waals surface area contributed by atoms with E-state index in [-0.39, 0.29) is 17.7 Å². The van der Waals surface area contributed by atoms with Gasteiger partial charge in [-0.05, 0) is 24.3 Å². The lowest BCUT2D eigenvalue weighted by Gasteiger charge is -2.42. The van der Waals surface area contributed by atoms with Crippen LogP contribution in [0.1, 0.15) is 20.7 Å². The third-order valence-electron chi connectivity index (χ3n) is 4.68. The minimum atomic E-state index is -1.48. The average Bonchev–Trinajstić information content (AvgIpc) is 2.81. The van der Waals surface area contributed by atoms with Gasteiger partial charge in [-0.15, -0.1) is 6.58 Å². The van der Waals surface area contributed by atoms with Crippen molar-refractivity contribution < 1.29 is 38.7 Å². The number of carbonyl (C=O) groups is 2. The van der Waals surface area contributed by atoms with E-state index in [1.165, 1.54) is 6.08 Å². The van der Waals surface area contributed by atoms with Gasteiger partial charge in [0.2, 0.25) is 0 Å². The van der Waals surface area contributed by atoms with Gasteiger partial charge in [0, 0.05) is 0 Å². The van der Waals surface area contributed by atoms with Crippen molar-refractivity contribution in [3.63, 3.8) is 0 Å². The zero-order valence-electron chi connectivity index (χ0n) is 16.7. The summed E-state index contributed by atoms with van der Waals surface area (Å²) < 4.78 is 22.0. The lowest BCUT2D eigenvalue weighted by atomic mass is 9.98. The fourth-order valence-electron chi connectivity index (χ4n) is 3.15. The van der Waals surface area contributed by atoms with Gasteiger partial charge in [-0.2, -0.15) is 0 Å². The van der Waals surface area contributed by atoms with Gasteiger partial charge in [0.1, 0.15) is 12.2 Å². The molecule has 1 heterocycles. The van der Waals surface area contributed by atoms with E-state index in [1.54, 1.807) is 60.7 Å². The maximum atomic E-state index is 12.6. The second-order valence-corrected chi connectivity index (χ2v) is 6.81. The van der Waals surface area contributed by atoms with Crippen LogP contribution in [0, 0.1) is 0 Å². The van der Waals surface area contributed by atoms with Crippen molar-refractivity contribution in [1.29, 1.82) is 0 Å². The van der Waals surface area contributed by atoms with Crippen LogP contribution in [0.15, 0.2) is 73.3 Å². The predicted octanol–water partition coefficient (Wildman–Crippen LogP) is 1.72. The van der Waals surface area contributed by atoms with E-state index in [4.69, 9.17) is 18.9 Å². The molecule has 1 aliphatic heterocycles. The number of rotatable bonds is 8. The molecule has 0 unspecified atom stereocenters. The second kappa shape index (κ2) is 10.8. The van der Waals surface area contributed by atoms with Crippen LogP contribution in [-0.2, 0) is 18.9 Å². The molecule has 0 saturated carbocycles. The third-order valence-corrected chi connectivity index (χ3v) is 4.68. The van der Waals surface area contributed by atoms with Gasteiger partial charge < -0.3 is 29.2 Å². The van der Waals surface area contributed by atoms with Crippen molar-refractivity contribution in [2.75, 3.05) is 13.2 Å². The minimum absolute atomic E-state index is 0.0493. The molecule has 1 aliphatic rings. The molecule has 0 aliphatic carbocycles. The highest BCUT2D eigenvalue weighted by atomic mass is 16.7. The van der Waals surface area contributed by atoms with Gasteiger partial charge in [0.15, 0.2) is 18.5 Å². The highest BCUT2D eigenvalue weighted by Crippen LogP contribution is 2.28. The quantitative estimate of drug-likeness (QED) is 0.483. The number of aliphatic hydroxyl groups excluding tert-OH is 2. The van der Waals surface area contributed by atoms with Crippen LogP contribution in [-0.4, -0.2) is 66.1 Å². The Labute approximate surface area is 179 Å². The number of hydrogen-bond donors (Lipinski definition) is 2. The fourth-order valence-corrected chi connectivity index (χ4v) is 3.15. The van der Waals surface area contributed by atoms with Crippen LogP contribution < -0.4 is 0 Å². The second-order valence-electron chi connectivity index (χ2n) is 6.81. The first-order valence-corrected chi connectivity index (χ1v) is 9.74. The molecule has 8 nitrogen and oxygen atoms in total. The van der Waals surface area contributed by atoms with Crippen LogP contribution in [0.3, 0.4) is 0 Å². The summed E-state index contributed by atoms with van der Waals surface area (Å²) in [6, 6.07) is 16.3. The van der Waals surface area contributed by atoms with E-state index < -0.39 is 49.3 Å². The molecule has 0 radical (unpaired) electrons. The Morgan fingerprint density at radius 1 is 0.935 bits per heavy atom. The highest BCUT2D eigenvalue weighted by Gasteiger charge is 2.50. The Kier molecular flexibility index (Phi) is 7.91. The lowest BCUT2D eigenvalue weighted by Crippen LogP contribution is -2.61. The van der Waals surface area contributed by atoms with Crippen LogP contribution in [0.2, 0.25) is 0 Å². The van der Waals surface area contributed by atoms with Gasteiger partial charge in [0.25, 0.3) is 0 Å². The van der Waals surface area contributed by atoms with Crippen LogP contribution in [0.5, 0.6) is 0 Å². The van der Waals surface area contributed by atoms with Gasteiger partial charge in [-0.3, -0.25) is 0 Å². The van der Waals surface area contributed by atoms with Crippen LogP contribution in [0.4, 0.5) is 0 Å². The molecule has 0 spiro atoms. The molecule has 3 rings (SSSR count). The van der Waals surface area contributed by atoms with Crippen molar-refractivity contribution in [2.24, 2.45) is 0 Å². The molecular weight excluding hydrogens is 404 g/mol. The molecule has 0 bridgehead atoms. The van der Waals surface area contributed by atoms with Crippen molar-refractivity contribution in [3.8, 4) is 0 Å². The average molecular weight is 428 g/mol. The highest BCUT2D eigenvalue weighted by molar-refractivity contribution is 5.90. The molecule has 2 aromatic rings. The molecule has 164 valence electrons. The number of benzene rings is 2. The molecule has 1 saturated heterocycles. The lowest BCUT2D eigenvalue weighted by molar-refractivity contribution is -0.297. The van der Waals surface area contributed by atoms with Gasteiger partial charge in [-0.1, -0.05) is 42.5 Å². The molecule has 0 aromatic heterocycles. The van der Waals surface area contributed by atoms with E-state index in [9.17, 15) is 19.8 Å². The van der Waals surface area contributed by atoms with E-state index in [1.807, 2.05) is 0 Å². The number of esters is 2. The summed E-state index contributed by atoms with van der Waals surface area (Å²) in [7, 11) is 0. The minimum Gasteiger partial charge on any atom is -0.452 e. The Bertz CT molecular complexity index is 870. The summed E-state index contributed by atoms with van der Waals surface area (Å²) in [5.41, 5.74) is 0.505. The SMILES string of the molecule is C=CCO[C@H]1O[C@H](CO)[C@@H](OC(=O)c2ccccc2)[C@H](OC(=O)c2ccccc2)[C@H]1O. The smallest absolute Gasteiger partial charge is 0.338 e. The Balaban J connectivity index is 1.86. The summed E-state index contributed by atoms with van der Waals surface area (Å²) in [4.78, 5) is 25.3. The summed E-state index contributed by atoms with van der Waals surface area (Å²) in [5.74, 6) is -1.45. The molecule has 2 aromatic carbocycles. The molecule has 31 heavy (non-hydrogen) atoms. The van der Waals surface area contributed by atoms with Crippen molar-refractivity contribution in [2.45, 2.75) is 30.7 Å². The number of hydrogen-bond acceptors (Lipinski definition) is 8. The largest absolute Gasteiger partial charge is 0.452 e. The summed E-state index contributed by atoms with van der Waals surface area (Å²) in [6.45, 7) is 3.02. The number of carbonyl (C=O) groups excluding carboxylic acids is 2.